The first-order valence-corrected chi connectivity index (χ1v) is 7.20. The molecule has 0 unspecified atom stereocenters. The highest BCUT2D eigenvalue weighted by molar-refractivity contribution is 5.98. The summed E-state index contributed by atoms with van der Waals surface area (Å²) >= 11 is 0. The second-order valence-corrected chi connectivity index (χ2v) is 4.46. The van der Waals surface area contributed by atoms with Gasteiger partial charge in [-0.1, -0.05) is 6.58 Å². The lowest BCUT2D eigenvalue weighted by molar-refractivity contribution is -0.350. The first kappa shape index (κ1) is 19.2. The van der Waals surface area contributed by atoms with Crippen LogP contribution in [0.5, 0.6) is 0 Å². The van der Waals surface area contributed by atoms with Crippen LogP contribution in [0.4, 0.5) is 0 Å². The molecule has 0 aromatic rings. The number of carbonyl (C=O) groups excluding carboxylic acids is 1. The molecule has 0 spiro atoms. The van der Waals surface area contributed by atoms with Gasteiger partial charge in [-0.3, -0.25) is 0 Å². The van der Waals surface area contributed by atoms with Gasteiger partial charge in [-0.05, 0) is 13.3 Å². The predicted molar refractivity (Wildman–Crippen MR) is 74.8 cm³/mol. The van der Waals surface area contributed by atoms with E-state index in [2.05, 4.69) is 6.58 Å². The summed E-state index contributed by atoms with van der Waals surface area (Å²) < 4.78 is 21.0. The molecule has 0 aliphatic rings. The zero-order chi connectivity index (χ0) is 15.4. The number of aliphatic hydroxyl groups is 2. The normalized spacial score (nSPS) is 11.6. The van der Waals surface area contributed by atoms with Crippen LogP contribution in [-0.4, -0.2) is 65.7 Å². The zero-order valence-electron chi connectivity index (χ0n) is 12.1. The summed E-state index contributed by atoms with van der Waals surface area (Å²) in [4.78, 5) is 11.2. The van der Waals surface area contributed by atoms with Gasteiger partial charge in [0.1, 0.15) is 0 Å². The minimum Gasteiger partial charge on any atom is -0.462 e. The molecule has 0 amide bonds. The molecule has 7 nitrogen and oxygen atoms in total. The van der Waals surface area contributed by atoms with Crippen molar-refractivity contribution >= 4 is 16.5 Å². The first-order valence-electron chi connectivity index (χ1n) is 6.38. The van der Waals surface area contributed by atoms with Gasteiger partial charge in [0.25, 0.3) is 5.97 Å². The number of hydrogen-bond acceptors (Lipinski definition) is 7. The Morgan fingerprint density at radius 2 is 1.75 bits per heavy atom. The van der Waals surface area contributed by atoms with Crippen LogP contribution in [0.25, 0.3) is 0 Å². The van der Waals surface area contributed by atoms with E-state index in [1.807, 2.05) is 0 Å². The average molecular weight is 308 g/mol. The molecule has 0 rings (SSSR count). The van der Waals surface area contributed by atoms with Crippen molar-refractivity contribution in [3.8, 4) is 0 Å². The topological polar surface area (TPSA) is 94.5 Å². The third-order valence-corrected chi connectivity index (χ3v) is 2.97. The first-order chi connectivity index (χ1) is 9.51. The van der Waals surface area contributed by atoms with Gasteiger partial charge >= 0.3 is 5.97 Å². The van der Waals surface area contributed by atoms with Crippen molar-refractivity contribution in [3.05, 3.63) is 12.2 Å². The maximum absolute atomic E-state index is 11.2. The molecule has 0 bridgehead atoms. The molecule has 8 heteroatoms. The van der Waals surface area contributed by atoms with E-state index in [9.17, 15) is 4.79 Å². The van der Waals surface area contributed by atoms with Crippen molar-refractivity contribution < 1.29 is 33.6 Å². The van der Waals surface area contributed by atoms with Crippen molar-refractivity contribution in [2.24, 2.45) is 0 Å². The molecule has 0 saturated carbocycles. The van der Waals surface area contributed by atoms with Crippen LogP contribution in [0.1, 0.15) is 19.8 Å². The number of hydrogen-bond donors (Lipinski definition) is 2. The maximum Gasteiger partial charge on any atom is 0.333 e. The predicted octanol–water partition coefficient (Wildman–Crippen LogP) is -1.15. The molecule has 0 aromatic heterocycles. The molecule has 0 saturated heterocycles. The van der Waals surface area contributed by atoms with E-state index >= 15 is 0 Å². The van der Waals surface area contributed by atoms with Gasteiger partial charge in [-0.25, -0.2) is 4.79 Å². The molecule has 0 heterocycles. The van der Waals surface area contributed by atoms with Crippen molar-refractivity contribution in [2.45, 2.75) is 25.7 Å². The zero-order valence-corrected chi connectivity index (χ0v) is 14.1. The standard InChI is InChI=1S/C12H24O7Si/c1-10(2)11(15)16-7-3-4-12(19-20,17-8-5-13)18-9-6-14/h13-14H,1,3-9H2,2,20H3. The Morgan fingerprint density at radius 3 is 2.15 bits per heavy atom. The Hall–Kier alpha value is -0.773. The molecule has 20 heavy (non-hydrogen) atoms. The monoisotopic (exact) mass is 308 g/mol. The van der Waals surface area contributed by atoms with E-state index in [-0.39, 0.29) is 33.0 Å². The lowest BCUT2D eigenvalue weighted by Crippen LogP contribution is -2.40. The summed E-state index contributed by atoms with van der Waals surface area (Å²) in [6, 6.07) is 0. The fourth-order valence-electron chi connectivity index (χ4n) is 1.38. The minimum absolute atomic E-state index is 0.0548. The van der Waals surface area contributed by atoms with E-state index in [1.165, 1.54) is 0 Å². The Labute approximate surface area is 122 Å². The molecule has 0 aromatic carbocycles. The van der Waals surface area contributed by atoms with Gasteiger partial charge in [0.15, 0.2) is 10.5 Å². The van der Waals surface area contributed by atoms with Crippen LogP contribution >= 0.6 is 0 Å². The van der Waals surface area contributed by atoms with Gasteiger partial charge in [-0.2, -0.15) is 0 Å². The summed E-state index contributed by atoms with van der Waals surface area (Å²) in [6.07, 6.45) is 0.776. The maximum atomic E-state index is 11.2. The van der Waals surface area contributed by atoms with E-state index in [1.54, 1.807) is 6.92 Å². The summed E-state index contributed by atoms with van der Waals surface area (Å²) in [5.74, 6) is -1.75. The third-order valence-electron chi connectivity index (χ3n) is 2.35. The largest absolute Gasteiger partial charge is 0.462 e. The fourth-order valence-corrected chi connectivity index (χ4v) is 1.82. The number of rotatable bonds is 12. The highest BCUT2D eigenvalue weighted by Gasteiger charge is 2.31. The van der Waals surface area contributed by atoms with Gasteiger partial charge in [0.05, 0.1) is 33.0 Å². The Balaban J connectivity index is 4.25. The molecule has 0 aliphatic heterocycles. The van der Waals surface area contributed by atoms with Gasteiger partial charge < -0.3 is 28.8 Å². The van der Waals surface area contributed by atoms with Crippen LogP contribution in [0.2, 0.25) is 0 Å². The SMILES string of the molecule is C=C(C)C(=O)OCCCC(O[SiH3])(OCCO)OCCO. The Bertz CT molecular complexity index is 288. The highest BCUT2D eigenvalue weighted by atomic mass is 28.2. The molecular weight excluding hydrogens is 284 g/mol. The summed E-state index contributed by atoms with van der Waals surface area (Å²) in [5.41, 5.74) is 0.337. The van der Waals surface area contributed by atoms with Crippen LogP contribution in [0, 0.1) is 0 Å². The Morgan fingerprint density at radius 1 is 1.20 bits per heavy atom. The number of esters is 1. The smallest absolute Gasteiger partial charge is 0.333 e. The van der Waals surface area contributed by atoms with E-state index in [4.69, 9.17) is 28.8 Å². The summed E-state index contributed by atoms with van der Waals surface area (Å²) in [6.45, 7) is 5.01. The van der Waals surface area contributed by atoms with E-state index < -0.39 is 11.9 Å². The average Bonchev–Trinajstić information content (AvgIpc) is 2.45. The second-order valence-electron chi connectivity index (χ2n) is 4.05. The molecule has 0 radical (unpaired) electrons. The van der Waals surface area contributed by atoms with Gasteiger partial charge in [0, 0.05) is 12.0 Å². The summed E-state index contributed by atoms with van der Waals surface area (Å²) in [7, 11) is 0.357. The van der Waals surface area contributed by atoms with Crippen LogP contribution in [0.15, 0.2) is 12.2 Å². The molecule has 0 atom stereocenters. The minimum atomic E-state index is -1.30. The van der Waals surface area contributed by atoms with Crippen LogP contribution in [-0.2, 0) is 23.4 Å². The molecule has 0 aliphatic carbocycles. The van der Waals surface area contributed by atoms with Crippen molar-refractivity contribution in [2.75, 3.05) is 33.0 Å². The van der Waals surface area contributed by atoms with Crippen molar-refractivity contribution in [1.82, 2.24) is 0 Å². The van der Waals surface area contributed by atoms with E-state index in [0.717, 1.165) is 0 Å². The van der Waals surface area contributed by atoms with Crippen molar-refractivity contribution in [1.29, 1.82) is 0 Å². The Kier molecular flexibility index (Phi) is 10.5. The number of aliphatic hydroxyl groups excluding tert-OH is 2. The molecular formula is C12H24O7Si. The van der Waals surface area contributed by atoms with Crippen LogP contribution in [0.3, 0.4) is 0 Å². The molecule has 0 fully saturated rings. The number of ether oxygens (including phenoxy) is 3. The van der Waals surface area contributed by atoms with E-state index in [0.29, 0.717) is 28.9 Å². The molecule has 2 N–H and O–H groups in total. The summed E-state index contributed by atoms with van der Waals surface area (Å²) in [5, 5.41) is 17.6. The third kappa shape index (κ3) is 7.73. The highest BCUT2D eigenvalue weighted by Crippen LogP contribution is 2.21. The van der Waals surface area contributed by atoms with Gasteiger partial charge in [0.2, 0.25) is 0 Å². The van der Waals surface area contributed by atoms with Crippen LogP contribution < -0.4 is 0 Å². The lowest BCUT2D eigenvalue weighted by Gasteiger charge is -2.32. The fraction of sp³-hybridized carbons (Fsp3) is 0.750. The lowest BCUT2D eigenvalue weighted by atomic mass is 10.3. The quantitative estimate of drug-likeness (QED) is 0.155. The second kappa shape index (κ2) is 10.9. The van der Waals surface area contributed by atoms with Gasteiger partial charge in [-0.15, -0.1) is 0 Å². The number of carbonyl (C=O) groups is 1. The van der Waals surface area contributed by atoms with Crippen molar-refractivity contribution in [3.63, 3.8) is 0 Å². The molecule has 118 valence electrons.